The molecule has 2 aromatic carbocycles. The third-order valence-corrected chi connectivity index (χ3v) is 5.50. The van der Waals surface area contributed by atoms with Crippen LogP contribution in [0.1, 0.15) is 17.4 Å². The Morgan fingerprint density at radius 1 is 0.971 bits per heavy atom. The van der Waals surface area contributed by atoms with E-state index in [1.807, 2.05) is 6.07 Å². The van der Waals surface area contributed by atoms with E-state index < -0.39 is 27.3 Å². The monoisotopic (exact) mass is 507 g/mol. The molecule has 0 fully saturated rings. The second-order valence-corrected chi connectivity index (χ2v) is 8.42. The summed E-state index contributed by atoms with van der Waals surface area (Å²) in [5, 5.41) is 4.12. The molecule has 0 atom stereocenters. The molecular formula is C22H16F3N3O6S. The summed E-state index contributed by atoms with van der Waals surface area (Å²) in [5.41, 5.74) is -6.18. The van der Waals surface area contributed by atoms with Crippen molar-refractivity contribution in [2.75, 3.05) is 6.61 Å². The van der Waals surface area contributed by atoms with E-state index in [0.29, 0.717) is 17.2 Å². The van der Waals surface area contributed by atoms with Gasteiger partial charge in [0.05, 0.1) is 12.3 Å². The molecule has 0 radical (unpaired) electrons. The van der Waals surface area contributed by atoms with Gasteiger partial charge in [-0.25, -0.2) is 9.48 Å². The summed E-state index contributed by atoms with van der Waals surface area (Å²) >= 11 is 0. The van der Waals surface area contributed by atoms with Crippen LogP contribution in [0.5, 0.6) is 17.2 Å². The highest BCUT2D eigenvalue weighted by molar-refractivity contribution is 7.88. The van der Waals surface area contributed by atoms with Crippen molar-refractivity contribution in [1.82, 2.24) is 14.8 Å². The van der Waals surface area contributed by atoms with Gasteiger partial charge in [-0.2, -0.15) is 26.7 Å². The summed E-state index contributed by atoms with van der Waals surface area (Å²) in [7, 11) is -5.99. The van der Waals surface area contributed by atoms with Crippen LogP contribution < -0.4 is 8.92 Å². The van der Waals surface area contributed by atoms with E-state index in [2.05, 4.69) is 14.3 Å². The van der Waals surface area contributed by atoms with Gasteiger partial charge >= 0.3 is 21.6 Å². The SMILES string of the molecule is CCOC(=O)c1c2nccc(OS(=O)(=O)C(F)(F)F)c2nn1-c1ccc(Oc2ccccc2)cc1. The van der Waals surface area contributed by atoms with Gasteiger partial charge in [0.1, 0.15) is 17.0 Å². The van der Waals surface area contributed by atoms with Crippen LogP contribution in [-0.2, 0) is 14.9 Å². The van der Waals surface area contributed by atoms with Crippen LogP contribution in [-0.4, -0.2) is 41.3 Å². The van der Waals surface area contributed by atoms with Gasteiger partial charge in [-0.15, -0.1) is 0 Å². The summed E-state index contributed by atoms with van der Waals surface area (Å²) in [4.78, 5) is 16.7. The van der Waals surface area contributed by atoms with E-state index in [1.165, 1.54) is 0 Å². The fourth-order valence-corrected chi connectivity index (χ4v) is 3.50. The Balaban J connectivity index is 1.79. The number of benzene rings is 2. The first-order chi connectivity index (χ1) is 16.6. The van der Waals surface area contributed by atoms with E-state index in [0.717, 1.165) is 16.9 Å². The second-order valence-electron chi connectivity index (χ2n) is 6.88. The third kappa shape index (κ3) is 4.89. The molecule has 0 aliphatic rings. The van der Waals surface area contributed by atoms with Crippen LogP contribution in [0.25, 0.3) is 16.7 Å². The number of hydrogen-bond donors (Lipinski definition) is 0. The van der Waals surface area contributed by atoms with Crippen LogP contribution in [0.4, 0.5) is 13.2 Å². The molecule has 2 aromatic heterocycles. The lowest BCUT2D eigenvalue weighted by Gasteiger charge is -2.09. The largest absolute Gasteiger partial charge is 0.534 e. The number of alkyl halides is 3. The number of pyridine rings is 1. The van der Waals surface area contributed by atoms with Crippen molar-refractivity contribution in [2.45, 2.75) is 12.4 Å². The Morgan fingerprint density at radius 3 is 2.26 bits per heavy atom. The first-order valence-corrected chi connectivity index (χ1v) is 11.4. The molecule has 0 saturated heterocycles. The number of rotatable bonds is 7. The number of ether oxygens (including phenoxy) is 2. The highest BCUT2D eigenvalue weighted by Gasteiger charge is 2.49. The van der Waals surface area contributed by atoms with Crippen molar-refractivity contribution in [3.63, 3.8) is 0 Å². The number of nitrogens with zero attached hydrogens (tertiary/aromatic N) is 3. The van der Waals surface area contributed by atoms with Crippen LogP contribution in [0.3, 0.4) is 0 Å². The van der Waals surface area contributed by atoms with Gasteiger partial charge in [0.15, 0.2) is 17.0 Å². The first kappa shape index (κ1) is 24.0. The van der Waals surface area contributed by atoms with Gasteiger partial charge in [-0.3, -0.25) is 4.98 Å². The van der Waals surface area contributed by atoms with Crippen LogP contribution in [0, 0.1) is 0 Å². The van der Waals surface area contributed by atoms with Gasteiger partial charge in [0.2, 0.25) is 0 Å². The minimum absolute atomic E-state index is 0.00595. The zero-order valence-corrected chi connectivity index (χ0v) is 18.7. The zero-order valence-electron chi connectivity index (χ0n) is 17.9. The molecule has 35 heavy (non-hydrogen) atoms. The second kappa shape index (κ2) is 9.25. The topological polar surface area (TPSA) is 110 Å². The lowest BCUT2D eigenvalue weighted by atomic mass is 10.2. The summed E-state index contributed by atoms with van der Waals surface area (Å²) < 4.78 is 77.8. The molecular weight excluding hydrogens is 491 g/mol. The number of fused-ring (bicyclic) bond motifs is 1. The fourth-order valence-electron chi connectivity index (χ4n) is 3.04. The predicted octanol–water partition coefficient (Wildman–Crippen LogP) is 4.62. The number of para-hydroxylation sites is 1. The molecule has 0 aliphatic carbocycles. The summed E-state index contributed by atoms with van der Waals surface area (Å²) in [6.45, 7) is 1.56. The third-order valence-electron chi connectivity index (χ3n) is 4.54. The molecule has 4 aromatic rings. The highest BCUT2D eigenvalue weighted by atomic mass is 32.2. The van der Waals surface area contributed by atoms with E-state index in [4.69, 9.17) is 9.47 Å². The van der Waals surface area contributed by atoms with Crippen LogP contribution in [0.15, 0.2) is 66.9 Å². The zero-order chi connectivity index (χ0) is 25.2. The maximum atomic E-state index is 12.9. The fraction of sp³-hybridized carbons (Fsp3) is 0.136. The molecule has 0 saturated carbocycles. The molecule has 0 spiro atoms. The molecule has 4 rings (SSSR count). The van der Waals surface area contributed by atoms with Gasteiger partial charge < -0.3 is 13.7 Å². The summed E-state index contributed by atoms with van der Waals surface area (Å²) in [6, 6.07) is 16.1. The molecule has 0 unspecified atom stereocenters. The highest BCUT2D eigenvalue weighted by Crippen LogP contribution is 2.33. The smallest absolute Gasteiger partial charge is 0.461 e. The Morgan fingerprint density at radius 2 is 1.63 bits per heavy atom. The van der Waals surface area contributed by atoms with Crippen molar-refractivity contribution in [3.05, 3.63) is 72.6 Å². The Kier molecular flexibility index (Phi) is 6.35. The summed E-state index contributed by atoms with van der Waals surface area (Å²) in [6.07, 6.45) is 0.995. The standard InChI is InChI=1S/C22H16F3N3O6S/c1-2-32-21(29)20-19-18(17(12-13-26-19)34-35(30,31)22(23,24)25)27-28(20)14-8-10-16(11-9-14)33-15-6-4-3-5-7-15/h3-13H,2H2,1H3. The van der Waals surface area contributed by atoms with E-state index in [-0.39, 0.29) is 23.3 Å². The van der Waals surface area contributed by atoms with Crippen molar-refractivity contribution in [3.8, 4) is 22.9 Å². The minimum atomic E-state index is -5.99. The van der Waals surface area contributed by atoms with Crippen molar-refractivity contribution >= 4 is 27.1 Å². The van der Waals surface area contributed by atoms with Crippen molar-refractivity contribution < 1.29 is 40.0 Å². The van der Waals surface area contributed by atoms with Crippen LogP contribution >= 0.6 is 0 Å². The van der Waals surface area contributed by atoms with Gasteiger partial charge in [0, 0.05) is 12.3 Å². The number of carbonyl (C=O) groups is 1. The summed E-state index contributed by atoms with van der Waals surface area (Å²) in [5.74, 6) is -0.564. The molecule has 2 heterocycles. The number of halogens is 3. The maximum absolute atomic E-state index is 12.9. The normalized spacial score (nSPS) is 11.9. The number of aromatic nitrogens is 3. The maximum Gasteiger partial charge on any atom is 0.534 e. The lowest BCUT2D eigenvalue weighted by molar-refractivity contribution is -0.0499. The first-order valence-electron chi connectivity index (χ1n) is 9.99. The average molecular weight is 507 g/mol. The van der Waals surface area contributed by atoms with Gasteiger partial charge in [-0.05, 0) is 43.3 Å². The Bertz CT molecular complexity index is 1470. The molecule has 9 nitrogen and oxygen atoms in total. The van der Waals surface area contributed by atoms with Gasteiger partial charge in [0.25, 0.3) is 0 Å². The van der Waals surface area contributed by atoms with Crippen molar-refractivity contribution in [2.24, 2.45) is 0 Å². The van der Waals surface area contributed by atoms with Gasteiger partial charge in [-0.1, -0.05) is 18.2 Å². The predicted molar refractivity (Wildman–Crippen MR) is 117 cm³/mol. The van der Waals surface area contributed by atoms with E-state index in [9.17, 15) is 26.4 Å². The molecule has 0 N–H and O–H groups in total. The Labute approximate surface area is 196 Å². The molecule has 182 valence electrons. The number of hydrogen-bond acceptors (Lipinski definition) is 8. The molecule has 0 aliphatic heterocycles. The van der Waals surface area contributed by atoms with E-state index >= 15 is 0 Å². The molecule has 0 bridgehead atoms. The van der Waals surface area contributed by atoms with Crippen molar-refractivity contribution in [1.29, 1.82) is 0 Å². The molecule has 0 amide bonds. The minimum Gasteiger partial charge on any atom is -0.461 e. The number of esters is 1. The molecule has 13 heteroatoms. The quantitative estimate of drug-likeness (QED) is 0.203. The lowest BCUT2D eigenvalue weighted by Crippen LogP contribution is -2.28. The Hall–Kier alpha value is -4.13. The number of carbonyl (C=O) groups excluding carboxylic acids is 1. The average Bonchev–Trinajstić information content (AvgIpc) is 3.20. The van der Waals surface area contributed by atoms with E-state index in [1.54, 1.807) is 55.5 Å². The van der Waals surface area contributed by atoms with Crippen LogP contribution in [0.2, 0.25) is 0 Å².